The van der Waals surface area contributed by atoms with E-state index in [-0.39, 0.29) is 0 Å². The van der Waals surface area contributed by atoms with E-state index >= 15 is 0 Å². The van der Waals surface area contributed by atoms with E-state index in [0.717, 1.165) is 36.7 Å². The van der Waals surface area contributed by atoms with Gasteiger partial charge >= 0.3 is 0 Å². The zero-order chi connectivity index (χ0) is 13.1. The first-order chi connectivity index (χ1) is 9.34. The fourth-order valence-corrected chi connectivity index (χ4v) is 1.95. The average Bonchev–Trinajstić information content (AvgIpc) is 3.02. The van der Waals surface area contributed by atoms with E-state index < -0.39 is 0 Å². The van der Waals surface area contributed by atoms with Crippen molar-refractivity contribution in [2.45, 2.75) is 13.0 Å². The van der Waals surface area contributed by atoms with Crippen molar-refractivity contribution in [1.29, 1.82) is 0 Å². The first-order valence-corrected chi connectivity index (χ1v) is 6.17. The maximum absolute atomic E-state index is 4.19. The van der Waals surface area contributed by atoms with E-state index in [1.54, 1.807) is 10.9 Å². The van der Waals surface area contributed by atoms with Crippen LogP contribution in [0.1, 0.15) is 11.5 Å². The third-order valence-corrected chi connectivity index (χ3v) is 3.02. The second-order valence-corrected chi connectivity index (χ2v) is 4.32. The van der Waals surface area contributed by atoms with Gasteiger partial charge in [0, 0.05) is 32.8 Å². The van der Waals surface area contributed by atoms with Crippen molar-refractivity contribution in [3.63, 3.8) is 0 Å². The fourth-order valence-electron chi connectivity index (χ4n) is 1.95. The molecule has 3 heterocycles. The number of aromatic nitrogens is 6. The van der Waals surface area contributed by atoms with Crippen LogP contribution >= 0.6 is 0 Å². The van der Waals surface area contributed by atoms with Crippen LogP contribution in [-0.4, -0.2) is 36.1 Å². The van der Waals surface area contributed by atoms with Crippen molar-refractivity contribution in [2.24, 2.45) is 7.05 Å². The van der Waals surface area contributed by atoms with Crippen LogP contribution in [0.5, 0.6) is 0 Å². The van der Waals surface area contributed by atoms with Gasteiger partial charge in [0.05, 0.1) is 11.9 Å². The first kappa shape index (κ1) is 11.8. The Kier molecular flexibility index (Phi) is 3.20. The van der Waals surface area contributed by atoms with Gasteiger partial charge < -0.3 is 5.32 Å². The van der Waals surface area contributed by atoms with Crippen LogP contribution in [0.15, 0.2) is 30.6 Å². The fraction of sp³-hybridized carbons (Fsp3) is 0.333. The summed E-state index contributed by atoms with van der Waals surface area (Å²) in [5.74, 6) is 0.964. The first-order valence-electron chi connectivity index (χ1n) is 6.17. The summed E-state index contributed by atoms with van der Waals surface area (Å²) in [5.41, 5.74) is 1.94. The van der Waals surface area contributed by atoms with Gasteiger partial charge in [0.1, 0.15) is 5.82 Å². The molecule has 0 bridgehead atoms. The van der Waals surface area contributed by atoms with E-state index in [2.05, 4.69) is 25.8 Å². The van der Waals surface area contributed by atoms with Crippen molar-refractivity contribution in [3.8, 4) is 0 Å². The molecular weight excluding hydrogens is 242 g/mol. The molecule has 0 unspecified atom stereocenters. The predicted octanol–water partition coefficient (Wildman–Crippen LogP) is 0.190. The van der Waals surface area contributed by atoms with Gasteiger partial charge in [-0.15, -0.1) is 15.3 Å². The normalized spacial score (nSPS) is 11.2. The second kappa shape index (κ2) is 5.15. The van der Waals surface area contributed by atoms with Crippen LogP contribution in [-0.2, 0) is 20.0 Å². The highest BCUT2D eigenvalue weighted by Gasteiger charge is 2.04. The maximum atomic E-state index is 4.19. The molecule has 98 valence electrons. The van der Waals surface area contributed by atoms with Gasteiger partial charge in [-0.3, -0.25) is 9.08 Å². The highest BCUT2D eigenvalue weighted by atomic mass is 15.4. The largest absolute Gasteiger partial charge is 0.311 e. The van der Waals surface area contributed by atoms with Crippen molar-refractivity contribution in [1.82, 2.24) is 34.9 Å². The van der Waals surface area contributed by atoms with Gasteiger partial charge in [-0.1, -0.05) is 11.3 Å². The van der Waals surface area contributed by atoms with Crippen LogP contribution in [0, 0.1) is 0 Å². The zero-order valence-electron chi connectivity index (χ0n) is 10.7. The van der Waals surface area contributed by atoms with Gasteiger partial charge in [0.2, 0.25) is 0 Å². The monoisotopic (exact) mass is 257 g/mol. The summed E-state index contributed by atoms with van der Waals surface area (Å²) in [6.07, 6.45) is 4.58. The van der Waals surface area contributed by atoms with Crippen molar-refractivity contribution < 1.29 is 0 Å². The third-order valence-electron chi connectivity index (χ3n) is 3.02. The van der Waals surface area contributed by atoms with Crippen LogP contribution in [0.4, 0.5) is 0 Å². The average molecular weight is 257 g/mol. The molecule has 0 aromatic carbocycles. The molecule has 0 saturated heterocycles. The molecule has 0 radical (unpaired) electrons. The number of rotatable bonds is 5. The van der Waals surface area contributed by atoms with Crippen molar-refractivity contribution >= 4 is 5.65 Å². The molecule has 1 N–H and O–H groups in total. The van der Waals surface area contributed by atoms with Gasteiger partial charge in [-0.2, -0.15) is 0 Å². The smallest absolute Gasteiger partial charge is 0.160 e. The molecule has 0 amide bonds. The maximum Gasteiger partial charge on any atom is 0.160 e. The summed E-state index contributed by atoms with van der Waals surface area (Å²) in [7, 11) is 1.88. The molecule has 3 aromatic rings. The lowest BCUT2D eigenvalue weighted by molar-refractivity contribution is 0.610. The van der Waals surface area contributed by atoms with E-state index in [9.17, 15) is 0 Å². The number of aryl methyl sites for hydroxylation is 1. The molecule has 0 atom stereocenters. The number of hydrogen-bond acceptors (Lipinski definition) is 5. The zero-order valence-corrected chi connectivity index (χ0v) is 10.7. The second-order valence-electron chi connectivity index (χ2n) is 4.32. The van der Waals surface area contributed by atoms with Gasteiger partial charge in [-0.25, -0.2) is 0 Å². The van der Waals surface area contributed by atoms with Crippen LogP contribution in [0.2, 0.25) is 0 Å². The minimum atomic E-state index is 0.750. The Hall–Kier alpha value is -2.28. The molecule has 0 aliphatic heterocycles. The number of nitrogens with zero attached hydrogens (tertiary/aromatic N) is 6. The number of pyridine rings is 1. The minimum absolute atomic E-state index is 0.750. The molecule has 0 aliphatic rings. The van der Waals surface area contributed by atoms with Crippen molar-refractivity contribution in [3.05, 3.63) is 42.1 Å². The lowest BCUT2D eigenvalue weighted by atomic mass is 10.3. The summed E-state index contributed by atoms with van der Waals surface area (Å²) in [6.45, 7) is 1.58. The Bertz CT molecular complexity index is 669. The van der Waals surface area contributed by atoms with Crippen molar-refractivity contribution in [2.75, 3.05) is 6.54 Å². The Labute approximate surface area is 110 Å². The minimum Gasteiger partial charge on any atom is -0.311 e. The Balaban J connectivity index is 1.57. The topological polar surface area (TPSA) is 72.9 Å². The molecule has 19 heavy (non-hydrogen) atoms. The van der Waals surface area contributed by atoms with E-state index in [0.29, 0.717) is 0 Å². The molecule has 0 aliphatic carbocycles. The van der Waals surface area contributed by atoms with Crippen LogP contribution < -0.4 is 5.32 Å². The van der Waals surface area contributed by atoms with E-state index in [1.807, 2.05) is 35.8 Å². The molecule has 7 heteroatoms. The molecule has 0 fully saturated rings. The highest BCUT2D eigenvalue weighted by molar-refractivity contribution is 5.36. The molecule has 3 rings (SSSR count). The number of nitrogens with one attached hydrogen (secondary N) is 1. The van der Waals surface area contributed by atoms with E-state index in [1.165, 1.54) is 0 Å². The summed E-state index contributed by atoms with van der Waals surface area (Å²) in [6, 6.07) is 5.89. The Morgan fingerprint density at radius 3 is 3.05 bits per heavy atom. The number of fused-ring (bicyclic) bond motifs is 1. The molecule has 7 nitrogen and oxygen atoms in total. The lowest BCUT2D eigenvalue weighted by Gasteiger charge is -2.03. The molecule has 0 spiro atoms. The van der Waals surface area contributed by atoms with E-state index in [4.69, 9.17) is 0 Å². The molecule has 3 aromatic heterocycles. The van der Waals surface area contributed by atoms with Crippen LogP contribution in [0.25, 0.3) is 5.65 Å². The molecular formula is C12H15N7. The van der Waals surface area contributed by atoms with Gasteiger partial charge in [0.15, 0.2) is 5.65 Å². The summed E-state index contributed by atoms with van der Waals surface area (Å²) in [5, 5.41) is 19.4. The summed E-state index contributed by atoms with van der Waals surface area (Å²) in [4.78, 5) is 0. The Morgan fingerprint density at radius 2 is 2.21 bits per heavy atom. The summed E-state index contributed by atoms with van der Waals surface area (Å²) >= 11 is 0. The van der Waals surface area contributed by atoms with Gasteiger partial charge in [-0.05, 0) is 12.1 Å². The standard InChI is InChI=1S/C12H15N7/c1-18-10(9-14-17-18)8-13-6-5-12-16-15-11-4-2-3-7-19(11)12/h2-4,7,9,13H,5-6,8H2,1H3. The predicted molar refractivity (Wildman–Crippen MR) is 69.4 cm³/mol. The highest BCUT2D eigenvalue weighted by Crippen LogP contribution is 2.03. The van der Waals surface area contributed by atoms with Gasteiger partial charge in [0.25, 0.3) is 0 Å². The molecule has 0 saturated carbocycles. The SMILES string of the molecule is Cn1nncc1CNCCc1nnc2ccccn12. The summed E-state index contributed by atoms with van der Waals surface area (Å²) < 4.78 is 3.77. The third kappa shape index (κ3) is 2.45. The Morgan fingerprint density at radius 1 is 1.26 bits per heavy atom. The lowest BCUT2D eigenvalue weighted by Crippen LogP contribution is -2.19. The van der Waals surface area contributed by atoms with Crippen LogP contribution in [0.3, 0.4) is 0 Å². The quantitative estimate of drug-likeness (QED) is 0.661. The number of hydrogen-bond donors (Lipinski definition) is 1.